The van der Waals surface area contributed by atoms with Gasteiger partial charge in [-0.3, -0.25) is 4.98 Å². The number of unbranched alkanes of at least 4 members (excludes halogenated alkanes) is 1. The van der Waals surface area contributed by atoms with E-state index in [0.717, 1.165) is 30.7 Å². The Morgan fingerprint density at radius 1 is 1.28 bits per heavy atom. The molecule has 18 heavy (non-hydrogen) atoms. The first-order chi connectivity index (χ1) is 8.88. The van der Waals surface area contributed by atoms with Crippen molar-refractivity contribution in [2.24, 2.45) is 5.16 Å². The molecule has 2 heterocycles. The maximum absolute atomic E-state index is 8.40. The molecule has 0 aliphatic carbocycles. The molecule has 0 aromatic carbocycles. The fraction of sp³-hybridized carbons (Fsp3) is 0.308. The maximum Gasteiger partial charge on any atom is 0.137 e. The number of aromatic nitrogens is 2. The van der Waals surface area contributed by atoms with Gasteiger partial charge in [-0.1, -0.05) is 11.2 Å². The summed E-state index contributed by atoms with van der Waals surface area (Å²) < 4.78 is 0. The fourth-order valence-corrected chi connectivity index (χ4v) is 2.55. The third-order valence-electron chi connectivity index (χ3n) is 2.60. The van der Waals surface area contributed by atoms with Gasteiger partial charge in [0.1, 0.15) is 11.2 Å². The predicted molar refractivity (Wildman–Crippen MR) is 72.4 cm³/mol. The van der Waals surface area contributed by atoms with Crippen molar-refractivity contribution in [2.45, 2.75) is 25.7 Å². The topological polar surface area (TPSA) is 58.4 Å². The Hall–Kier alpha value is -1.75. The molecular formula is C13H15N3OS. The molecule has 0 amide bonds. The van der Waals surface area contributed by atoms with Gasteiger partial charge in [0.15, 0.2) is 0 Å². The van der Waals surface area contributed by atoms with Crippen molar-refractivity contribution in [1.29, 1.82) is 0 Å². The Morgan fingerprint density at radius 3 is 2.94 bits per heavy atom. The minimum Gasteiger partial charge on any atom is -0.411 e. The molecule has 94 valence electrons. The Balaban J connectivity index is 1.72. The lowest BCUT2D eigenvalue weighted by Gasteiger charge is -1.99. The average molecular weight is 261 g/mol. The zero-order valence-electron chi connectivity index (χ0n) is 9.99. The first kappa shape index (κ1) is 12.7. The van der Waals surface area contributed by atoms with Gasteiger partial charge in [-0.2, -0.15) is 0 Å². The third kappa shape index (κ3) is 3.92. The number of nitrogens with zero attached hydrogens (tertiary/aromatic N) is 3. The van der Waals surface area contributed by atoms with Crippen molar-refractivity contribution in [2.75, 3.05) is 0 Å². The lowest BCUT2D eigenvalue weighted by atomic mass is 10.1. The van der Waals surface area contributed by atoms with Crippen molar-refractivity contribution < 1.29 is 5.21 Å². The van der Waals surface area contributed by atoms with Crippen LogP contribution >= 0.6 is 11.3 Å². The molecule has 4 nitrogen and oxygen atoms in total. The number of pyridine rings is 1. The number of rotatable bonds is 6. The van der Waals surface area contributed by atoms with E-state index in [1.165, 1.54) is 16.7 Å². The summed E-state index contributed by atoms with van der Waals surface area (Å²) in [6.45, 7) is 0. The lowest BCUT2D eigenvalue weighted by molar-refractivity contribution is 0.322. The molecule has 0 saturated carbocycles. The van der Waals surface area contributed by atoms with Crippen LogP contribution in [0.4, 0.5) is 0 Å². The second kappa shape index (κ2) is 6.86. The van der Waals surface area contributed by atoms with Gasteiger partial charge in [0, 0.05) is 23.5 Å². The van der Waals surface area contributed by atoms with Gasteiger partial charge in [0.05, 0.1) is 0 Å². The van der Waals surface area contributed by atoms with E-state index in [4.69, 9.17) is 5.21 Å². The van der Waals surface area contributed by atoms with Crippen molar-refractivity contribution in [3.05, 3.63) is 46.2 Å². The van der Waals surface area contributed by atoms with Crippen molar-refractivity contribution in [3.63, 3.8) is 0 Å². The van der Waals surface area contributed by atoms with Gasteiger partial charge in [-0.15, -0.1) is 11.3 Å². The third-order valence-corrected chi connectivity index (χ3v) is 3.59. The largest absolute Gasteiger partial charge is 0.411 e. The first-order valence-corrected chi connectivity index (χ1v) is 6.71. The maximum atomic E-state index is 8.40. The molecule has 2 rings (SSSR count). The second-order valence-corrected chi connectivity index (χ2v) is 5.12. The van der Waals surface area contributed by atoms with Crippen LogP contribution < -0.4 is 0 Å². The van der Waals surface area contributed by atoms with E-state index in [-0.39, 0.29) is 0 Å². The minimum atomic E-state index is 0.750. The van der Waals surface area contributed by atoms with Gasteiger partial charge in [-0.05, 0) is 37.3 Å². The zero-order valence-corrected chi connectivity index (χ0v) is 10.8. The van der Waals surface area contributed by atoms with E-state index >= 15 is 0 Å². The Bertz CT molecular complexity index is 496. The molecule has 2 aromatic heterocycles. The average Bonchev–Trinajstić information content (AvgIpc) is 2.84. The highest BCUT2D eigenvalue weighted by Crippen LogP contribution is 2.15. The van der Waals surface area contributed by atoms with Crippen molar-refractivity contribution in [3.8, 4) is 0 Å². The molecule has 0 bridgehead atoms. The summed E-state index contributed by atoms with van der Waals surface area (Å²) in [5, 5.41) is 12.1. The monoisotopic (exact) mass is 261 g/mol. The first-order valence-electron chi connectivity index (χ1n) is 5.89. The van der Waals surface area contributed by atoms with Crippen LogP contribution in [0.2, 0.25) is 0 Å². The van der Waals surface area contributed by atoms with Crippen LogP contribution in [0.25, 0.3) is 0 Å². The summed E-state index contributed by atoms with van der Waals surface area (Å²) in [6, 6.07) is 4.08. The zero-order chi connectivity index (χ0) is 12.6. The number of thiazole rings is 1. The van der Waals surface area contributed by atoms with Gasteiger partial charge in [-0.25, -0.2) is 4.98 Å². The summed E-state index contributed by atoms with van der Waals surface area (Å²) in [5.74, 6) is 0. The number of oxime groups is 1. The molecule has 2 aromatic rings. The van der Waals surface area contributed by atoms with Crippen molar-refractivity contribution in [1.82, 2.24) is 9.97 Å². The molecular weight excluding hydrogens is 246 g/mol. The summed E-state index contributed by atoms with van der Waals surface area (Å²) >= 11 is 1.57. The molecule has 0 radical (unpaired) electrons. The normalized spacial score (nSPS) is 11.1. The van der Waals surface area contributed by atoms with E-state index in [1.807, 2.05) is 18.5 Å². The predicted octanol–water partition coefficient (Wildman–Crippen LogP) is 2.91. The van der Waals surface area contributed by atoms with Crippen LogP contribution in [-0.2, 0) is 12.8 Å². The lowest BCUT2D eigenvalue weighted by Crippen LogP contribution is -1.88. The summed E-state index contributed by atoms with van der Waals surface area (Å²) in [7, 11) is 0. The number of aryl methyl sites for hydroxylation is 2. The molecule has 0 fully saturated rings. The fourth-order valence-electron chi connectivity index (χ4n) is 1.72. The Kier molecular flexibility index (Phi) is 4.84. The number of hydrogen-bond donors (Lipinski definition) is 1. The number of hydrogen-bond acceptors (Lipinski definition) is 5. The van der Waals surface area contributed by atoms with Gasteiger partial charge < -0.3 is 5.21 Å². The SMILES string of the molecule is O/N=C/c1ncc(CCCCc2cccnc2)s1. The van der Waals surface area contributed by atoms with Crippen LogP contribution in [0.1, 0.15) is 28.3 Å². The summed E-state index contributed by atoms with van der Waals surface area (Å²) in [6.07, 6.45) is 11.3. The van der Waals surface area contributed by atoms with Crippen LogP contribution in [-0.4, -0.2) is 21.4 Å². The minimum absolute atomic E-state index is 0.750. The molecule has 0 saturated heterocycles. The molecule has 0 aliphatic heterocycles. The van der Waals surface area contributed by atoms with E-state index in [9.17, 15) is 0 Å². The molecule has 5 heteroatoms. The van der Waals surface area contributed by atoms with Gasteiger partial charge >= 0.3 is 0 Å². The van der Waals surface area contributed by atoms with Gasteiger partial charge in [0.2, 0.25) is 0 Å². The standard InChI is InChI=1S/C13H15N3OS/c17-16-10-13-15-9-12(18-13)6-2-1-4-11-5-3-7-14-8-11/h3,5,7-10,17H,1-2,4,6H2/b16-10+. The summed E-state index contributed by atoms with van der Waals surface area (Å²) in [4.78, 5) is 9.47. The van der Waals surface area contributed by atoms with Crippen LogP contribution in [0.15, 0.2) is 35.9 Å². The highest BCUT2D eigenvalue weighted by molar-refractivity contribution is 7.13. The Morgan fingerprint density at radius 2 is 2.17 bits per heavy atom. The van der Waals surface area contributed by atoms with Crippen molar-refractivity contribution >= 4 is 17.6 Å². The highest BCUT2D eigenvalue weighted by Gasteiger charge is 2.00. The molecule has 0 atom stereocenters. The molecule has 1 N–H and O–H groups in total. The second-order valence-electron chi connectivity index (χ2n) is 3.98. The van der Waals surface area contributed by atoms with E-state index in [1.54, 1.807) is 17.5 Å². The van der Waals surface area contributed by atoms with E-state index in [2.05, 4.69) is 21.2 Å². The van der Waals surface area contributed by atoms with Crippen LogP contribution in [0.3, 0.4) is 0 Å². The molecule has 0 aliphatic rings. The smallest absolute Gasteiger partial charge is 0.137 e. The van der Waals surface area contributed by atoms with E-state index in [0.29, 0.717) is 0 Å². The van der Waals surface area contributed by atoms with Gasteiger partial charge in [0.25, 0.3) is 0 Å². The Labute approximate surface area is 110 Å². The van der Waals surface area contributed by atoms with E-state index < -0.39 is 0 Å². The van der Waals surface area contributed by atoms with Crippen LogP contribution in [0, 0.1) is 0 Å². The molecule has 0 unspecified atom stereocenters. The molecule has 0 spiro atoms. The van der Waals surface area contributed by atoms with Crippen LogP contribution in [0.5, 0.6) is 0 Å². The highest BCUT2D eigenvalue weighted by atomic mass is 32.1. The quantitative estimate of drug-likeness (QED) is 0.376. The summed E-state index contributed by atoms with van der Waals surface area (Å²) in [5.41, 5.74) is 1.29.